The lowest BCUT2D eigenvalue weighted by Crippen LogP contribution is -2.24. The van der Waals surface area contributed by atoms with E-state index in [0.29, 0.717) is 23.9 Å². The van der Waals surface area contributed by atoms with Crippen LogP contribution in [0.3, 0.4) is 0 Å². The molecule has 6 aromatic rings. The first kappa shape index (κ1) is 46.6. The summed E-state index contributed by atoms with van der Waals surface area (Å²) < 4.78 is 95.3. The van der Waals surface area contributed by atoms with Crippen LogP contribution in [-0.4, -0.2) is 76.8 Å². The molecule has 336 valence electrons. The summed E-state index contributed by atoms with van der Waals surface area (Å²) in [5.41, 5.74) is 3.09. The number of aromatic nitrogens is 3. The SMILES string of the molecule is Cc1nc2cccc(C(F)(F)F)c2c(=O)n1-c1ccc(OCCCN2CCCC2)cc1.Cc1nc2cccc(C(F)(F)F)c2c(=O)o1.Nc1ccc(OCCCN2CCCC2)cc1. The van der Waals surface area contributed by atoms with Gasteiger partial charge in [0.25, 0.3) is 5.56 Å². The monoisotopic (exact) mass is 880 g/mol. The van der Waals surface area contributed by atoms with Crippen LogP contribution in [0.25, 0.3) is 27.5 Å². The third-order valence-corrected chi connectivity index (χ3v) is 10.6. The topological polar surface area (TPSA) is 129 Å². The van der Waals surface area contributed by atoms with Crippen LogP contribution in [0.4, 0.5) is 32.0 Å². The number of fused-ring (bicyclic) bond motifs is 2. The van der Waals surface area contributed by atoms with Crippen molar-refractivity contribution in [3.8, 4) is 17.2 Å². The van der Waals surface area contributed by atoms with Crippen molar-refractivity contribution in [1.82, 2.24) is 24.3 Å². The van der Waals surface area contributed by atoms with Gasteiger partial charge in [-0.15, -0.1) is 0 Å². The van der Waals surface area contributed by atoms with E-state index in [1.165, 1.54) is 74.5 Å². The summed E-state index contributed by atoms with van der Waals surface area (Å²) in [7, 11) is 0. The summed E-state index contributed by atoms with van der Waals surface area (Å²) in [6.45, 7) is 11.4. The van der Waals surface area contributed by atoms with Gasteiger partial charge in [-0.25, -0.2) is 14.8 Å². The lowest BCUT2D eigenvalue weighted by atomic mass is 10.1. The molecule has 2 saturated heterocycles. The van der Waals surface area contributed by atoms with E-state index < -0.39 is 45.4 Å². The van der Waals surface area contributed by atoms with E-state index in [2.05, 4.69) is 24.2 Å². The van der Waals surface area contributed by atoms with Gasteiger partial charge in [-0.1, -0.05) is 12.1 Å². The fourth-order valence-electron chi connectivity index (χ4n) is 7.57. The van der Waals surface area contributed by atoms with Crippen LogP contribution in [0.5, 0.6) is 11.5 Å². The van der Waals surface area contributed by atoms with E-state index in [1.54, 1.807) is 31.2 Å². The van der Waals surface area contributed by atoms with Gasteiger partial charge >= 0.3 is 18.0 Å². The third kappa shape index (κ3) is 12.6. The number of nitrogens with zero attached hydrogens (tertiary/aromatic N) is 5. The molecule has 2 N–H and O–H groups in total. The molecule has 63 heavy (non-hydrogen) atoms. The number of anilines is 1. The molecule has 0 amide bonds. The Morgan fingerprint density at radius 2 is 1.10 bits per heavy atom. The lowest BCUT2D eigenvalue weighted by Gasteiger charge is -2.15. The Balaban J connectivity index is 0.000000173. The number of alkyl halides is 6. The van der Waals surface area contributed by atoms with Crippen LogP contribution in [0, 0.1) is 13.8 Å². The minimum absolute atomic E-state index is 0.0106. The Morgan fingerprint density at radius 1 is 0.635 bits per heavy atom. The zero-order valence-electron chi connectivity index (χ0n) is 35.1. The first-order chi connectivity index (χ1) is 30.1. The van der Waals surface area contributed by atoms with Crippen molar-refractivity contribution in [3.63, 3.8) is 0 Å². The number of halogens is 6. The number of aryl methyl sites for hydroxylation is 2. The smallest absolute Gasteiger partial charge is 0.417 e. The molecule has 4 aromatic carbocycles. The highest BCUT2D eigenvalue weighted by Gasteiger charge is 2.35. The molecule has 2 aromatic heterocycles. The number of nitrogen functional groups attached to an aromatic ring is 1. The van der Waals surface area contributed by atoms with E-state index in [0.717, 1.165) is 69.2 Å². The van der Waals surface area contributed by atoms with Gasteiger partial charge in [-0.3, -0.25) is 9.36 Å². The van der Waals surface area contributed by atoms with Crippen molar-refractivity contribution < 1.29 is 40.2 Å². The molecule has 0 aliphatic carbocycles. The maximum absolute atomic E-state index is 13.4. The van der Waals surface area contributed by atoms with Crippen LogP contribution in [0.2, 0.25) is 0 Å². The fourth-order valence-corrected chi connectivity index (χ4v) is 7.57. The van der Waals surface area contributed by atoms with E-state index in [1.807, 2.05) is 24.3 Å². The second kappa shape index (κ2) is 21.0. The van der Waals surface area contributed by atoms with Gasteiger partial charge < -0.3 is 29.4 Å². The van der Waals surface area contributed by atoms with Crippen LogP contribution >= 0.6 is 0 Å². The van der Waals surface area contributed by atoms with Crippen LogP contribution < -0.4 is 26.4 Å². The molecule has 0 unspecified atom stereocenters. The number of likely N-dealkylation sites (tertiary alicyclic amines) is 2. The van der Waals surface area contributed by atoms with E-state index in [4.69, 9.17) is 15.2 Å². The minimum Gasteiger partial charge on any atom is -0.494 e. The van der Waals surface area contributed by atoms with Gasteiger partial charge in [0.05, 0.1) is 51.8 Å². The zero-order valence-corrected chi connectivity index (χ0v) is 35.1. The average molecular weight is 881 g/mol. The summed E-state index contributed by atoms with van der Waals surface area (Å²) >= 11 is 0. The Kier molecular flexibility index (Phi) is 15.5. The molecule has 0 saturated carbocycles. The molecule has 2 aliphatic rings. The highest BCUT2D eigenvalue weighted by atomic mass is 19.4. The van der Waals surface area contributed by atoms with Gasteiger partial charge in [0.2, 0.25) is 0 Å². The first-order valence-corrected chi connectivity index (χ1v) is 20.8. The standard InChI is InChI=1S/C23H24F3N3O2.C13H20N2O.C10H6F3NO2/c1-16-27-20-7-4-6-19(23(24,25)26)21(20)22(30)29(16)17-8-10-18(11-9-17)31-15-5-14-28-12-2-3-13-28;14-12-4-6-13(7-5-12)16-11-3-10-15-8-1-2-9-15;1-5-14-7-4-2-3-6(10(11,12)13)8(7)9(15)16-5/h4,6-11H,2-3,5,12-15H2,1H3;4-7H,1-3,8-11,14H2;2-4H,1H3. The molecular formula is C46H50F6N6O5. The predicted octanol–water partition coefficient (Wildman–Crippen LogP) is 9.23. The number of ether oxygens (including phenoxy) is 2. The molecule has 2 aliphatic heterocycles. The highest BCUT2D eigenvalue weighted by Crippen LogP contribution is 2.34. The Labute approximate surface area is 360 Å². The average Bonchev–Trinajstić information content (AvgIpc) is 3.97. The maximum Gasteiger partial charge on any atom is 0.417 e. The molecule has 0 radical (unpaired) electrons. The largest absolute Gasteiger partial charge is 0.494 e. The molecular weight excluding hydrogens is 831 g/mol. The van der Waals surface area contributed by atoms with Crippen molar-refractivity contribution in [1.29, 1.82) is 0 Å². The fraction of sp³-hybridized carbons (Fsp3) is 0.391. The molecule has 8 rings (SSSR count). The summed E-state index contributed by atoms with van der Waals surface area (Å²) in [6, 6.07) is 21.3. The van der Waals surface area contributed by atoms with Gasteiger partial charge in [-0.05, 0) is 144 Å². The number of rotatable bonds is 11. The van der Waals surface area contributed by atoms with E-state index in [-0.39, 0.29) is 16.9 Å². The third-order valence-electron chi connectivity index (χ3n) is 10.6. The molecule has 0 spiro atoms. The number of nitrogens with two attached hydrogens (primary N) is 1. The molecule has 2 fully saturated rings. The quantitative estimate of drug-likeness (QED) is 0.0764. The number of benzene rings is 4. The van der Waals surface area contributed by atoms with Gasteiger partial charge in [-0.2, -0.15) is 26.3 Å². The molecule has 0 bridgehead atoms. The van der Waals surface area contributed by atoms with Crippen molar-refractivity contribution in [3.05, 3.63) is 129 Å². The minimum atomic E-state index is -4.64. The predicted molar refractivity (Wildman–Crippen MR) is 230 cm³/mol. The Hall–Kier alpha value is -5.94. The van der Waals surface area contributed by atoms with Crippen LogP contribution in [-0.2, 0) is 12.4 Å². The molecule has 11 nitrogen and oxygen atoms in total. The second-order valence-electron chi connectivity index (χ2n) is 15.3. The van der Waals surface area contributed by atoms with Gasteiger partial charge in [0.1, 0.15) is 17.3 Å². The van der Waals surface area contributed by atoms with Crippen molar-refractivity contribution in [2.45, 2.75) is 64.7 Å². The summed E-state index contributed by atoms with van der Waals surface area (Å²) in [5, 5.41) is -0.955. The Bertz CT molecular complexity index is 2550. The maximum atomic E-state index is 13.4. The highest BCUT2D eigenvalue weighted by molar-refractivity contribution is 5.82. The summed E-state index contributed by atoms with van der Waals surface area (Å²) in [5.74, 6) is 1.92. The normalized spacial score (nSPS) is 14.6. The molecule has 0 atom stereocenters. The second-order valence-corrected chi connectivity index (χ2v) is 15.3. The summed E-state index contributed by atoms with van der Waals surface area (Å²) in [4.78, 5) is 37.3. The van der Waals surface area contributed by atoms with Crippen molar-refractivity contribution in [2.75, 3.05) is 58.2 Å². The van der Waals surface area contributed by atoms with Gasteiger partial charge in [0.15, 0.2) is 5.89 Å². The van der Waals surface area contributed by atoms with E-state index >= 15 is 0 Å². The lowest BCUT2D eigenvalue weighted by molar-refractivity contribution is -0.137. The Morgan fingerprint density at radius 3 is 1.59 bits per heavy atom. The molecule has 4 heterocycles. The first-order valence-electron chi connectivity index (χ1n) is 20.8. The number of hydrogen-bond donors (Lipinski definition) is 1. The molecule has 17 heteroatoms. The van der Waals surface area contributed by atoms with Crippen LogP contribution in [0.15, 0.2) is 98.9 Å². The van der Waals surface area contributed by atoms with Crippen LogP contribution in [0.1, 0.15) is 61.4 Å². The summed E-state index contributed by atoms with van der Waals surface area (Å²) in [6.07, 6.45) is -1.97. The van der Waals surface area contributed by atoms with Crippen molar-refractivity contribution >= 4 is 27.5 Å². The number of hydrogen-bond acceptors (Lipinski definition) is 10. The van der Waals surface area contributed by atoms with Crippen molar-refractivity contribution in [2.24, 2.45) is 0 Å². The van der Waals surface area contributed by atoms with E-state index in [9.17, 15) is 35.9 Å². The zero-order chi connectivity index (χ0) is 45.1. The van der Waals surface area contributed by atoms with Gasteiger partial charge in [0, 0.05) is 25.7 Å².